The Hall–Kier alpha value is -0.550. The highest BCUT2D eigenvalue weighted by Gasteiger charge is 2.44. The third-order valence-corrected chi connectivity index (χ3v) is 2.31. The first-order valence-corrected chi connectivity index (χ1v) is 3.74. The number of rotatable bonds is 3. The molecule has 0 saturated heterocycles. The van der Waals surface area contributed by atoms with E-state index in [1.165, 1.54) is 6.42 Å². The quantitative estimate of drug-likeness (QED) is 0.469. The SMILES string of the molecule is CC1(C)CC1CNCC#N. The molecule has 1 aliphatic rings. The normalized spacial score (nSPS) is 27.5. The minimum absolute atomic E-state index is 0.493. The van der Waals surface area contributed by atoms with Crippen LogP contribution in [-0.2, 0) is 0 Å². The molecule has 0 aromatic rings. The Morgan fingerprint density at radius 2 is 2.30 bits per heavy atom. The first-order chi connectivity index (χ1) is 4.67. The van der Waals surface area contributed by atoms with Crippen LogP contribution in [0, 0.1) is 22.7 Å². The van der Waals surface area contributed by atoms with Gasteiger partial charge in [-0.2, -0.15) is 5.26 Å². The van der Waals surface area contributed by atoms with Crippen molar-refractivity contribution in [1.29, 1.82) is 5.26 Å². The largest absolute Gasteiger partial charge is 0.304 e. The summed E-state index contributed by atoms with van der Waals surface area (Å²) in [5.74, 6) is 0.806. The second-order valence-corrected chi connectivity index (χ2v) is 3.68. The van der Waals surface area contributed by atoms with E-state index in [-0.39, 0.29) is 0 Å². The molecule has 0 spiro atoms. The van der Waals surface area contributed by atoms with Crippen molar-refractivity contribution >= 4 is 0 Å². The molecule has 1 unspecified atom stereocenters. The van der Waals surface area contributed by atoms with Gasteiger partial charge in [0.25, 0.3) is 0 Å². The van der Waals surface area contributed by atoms with Crippen molar-refractivity contribution in [3.8, 4) is 6.07 Å². The van der Waals surface area contributed by atoms with Crippen molar-refractivity contribution in [2.45, 2.75) is 20.3 Å². The molecular formula is C8H14N2. The Kier molecular flexibility index (Phi) is 1.96. The Bertz CT molecular complexity index is 155. The molecule has 1 rings (SSSR count). The van der Waals surface area contributed by atoms with E-state index in [0.717, 1.165) is 12.5 Å². The lowest BCUT2D eigenvalue weighted by Gasteiger charge is -2.01. The highest BCUT2D eigenvalue weighted by molar-refractivity contribution is 4.96. The van der Waals surface area contributed by atoms with Crippen LogP contribution in [0.5, 0.6) is 0 Å². The standard InChI is InChI=1S/C8H14N2/c1-8(2)5-7(8)6-10-4-3-9/h7,10H,4-6H2,1-2H3. The highest BCUT2D eigenvalue weighted by atomic mass is 14.9. The van der Waals surface area contributed by atoms with Gasteiger partial charge in [0.05, 0.1) is 12.6 Å². The summed E-state index contributed by atoms with van der Waals surface area (Å²) in [6.07, 6.45) is 1.31. The minimum atomic E-state index is 0.493. The van der Waals surface area contributed by atoms with E-state index in [1.54, 1.807) is 0 Å². The molecule has 0 aromatic carbocycles. The summed E-state index contributed by atoms with van der Waals surface area (Å²) in [6, 6.07) is 2.07. The van der Waals surface area contributed by atoms with Crippen molar-refractivity contribution < 1.29 is 0 Å². The van der Waals surface area contributed by atoms with Crippen molar-refractivity contribution in [2.24, 2.45) is 11.3 Å². The van der Waals surface area contributed by atoms with Gasteiger partial charge in [0.2, 0.25) is 0 Å². The van der Waals surface area contributed by atoms with Gasteiger partial charge in [0.1, 0.15) is 0 Å². The summed E-state index contributed by atoms with van der Waals surface area (Å²) in [5, 5.41) is 11.3. The molecule has 56 valence electrons. The maximum Gasteiger partial charge on any atom is 0.0841 e. The highest BCUT2D eigenvalue weighted by Crippen LogP contribution is 2.50. The van der Waals surface area contributed by atoms with Crippen LogP contribution in [0.1, 0.15) is 20.3 Å². The molecule has 1 atom stereocenters. The molecule has 1 saturated carbocycles. The number of nitriles is 1. The molecule has 0 bridgehead atoms. The van der Waals surface area contributed by atoms with Crippen molar-refractivity contribution in [3.05, 3.63) is 0 Å². The molecule has 0 heterocycles. The zero-order valence-corrected chi connectivity index (χ0v) is 6.65. The van der Waals surface area contributed by atoms with E-state index in [1.807, 2.05) is 0 Å². The monoisotopic (exact) mass is 138 g/mol. The fourth-order valence-electron chi connectivity index (χ4n) is 1.23. The lowest BCUT2D eigenvalue weighted by molar-refractivity contribution is 0.533. The van der Waals surface area contributed by atoms with Gasteiger partial charge in [-0.25, -0.2) is 0 Å². The Morgan fingerprint density at radius 3 is 2.70 bits per heavy atom. The van der Waals surface area contributed by atoms with Crippen LogP contribution in [-0.4, -0.2) is 13.1 Å². The van der Waals surface area contributed by atoms with Crippen LogP contribution >= 0.6 is 0 Å². The maximum atomic E-state index is 8.22. The molecule has 0 amide bonds. The van der Waals surface area contributed by atoms with E-state index >= 15 is 0 Å². The smallest absolute Gasteiger partial charge is 0.0841 e. The Balaban J connectivity index is 2.03. The van der Waals surface area contributed by atoms with Gasteiger partial charge in [-0.1, -0.05) is 13.8 Å². The van der Waals surface area contributed by atoms with Gasteiger partial charge in [-0.3, -0.25) is 0 Å². The van der Waals surface area contributed by atoms with Crippen LogP contribution < -0.4 is 5.32 Å². The second kappa shape index (κ2) is 2.59. The topological polar surface area (TPSA) is 35.8 Å². The summed E-state index contributed by atoms with van der Waals surface area (Å²) < 4.78 is 0. The van der Waals surface area contributed by atoms with Crippen molar-refractivity contribution in [1.82, 2.24) is 5.32 Å². The van der Waals surface area contributed by atoms with Crippen molar-refractivity contribution in [2.75, 3.05) is 13.1 Å². The molecule has 10 heavy (non-hydrogen) atoms. The van der Waals surface area contributed by atoms with Gasteiger partial charge in [-0.15, -0.1) is 0 Å². The first kappa shape index (κ1) is 7.56. The first-order valence-electron chi connectivity index (χ1n) is 3.74. The Labute approximate surface area is 62.2 Å². The van der Waals surface area contributed by atoms with Gasteiger partial charge >= 0.3 is 0 Å². The van der Waals surface area contributed by atoms with E-state index in [9.17, 15) is 0 Å². The van der Waals surface area contributed by atoms with Crippen LogP contribution in [0.2, 0.25) is 0 Å². The van der Waals surface area contributed by atoms with Crippen LogP contribution in [0.3, 0.4) is 0 Å². The van der Waals surface area contributed by atoms with Gasteiger partial charge in [0, 0.05) is 0 Å². The summed E-state index contributed by atoms with van der Waals surface area (Å²) in [4.78, 5) is 0. The fourth-order valence-corrected chi connectivity index (χ4v) is 1.23. The maximum absolute atomic E-state index is 8.22. The molecular weight excluding hydrogens is 124 g/mol. The minimum Gasteiger partial charge on any atom is -0.304 e. The summed E-state index contributed by atoms with van der Waals surface area (Å²) in [5.41, 5.74) is 0.544. The van der Waals surface area contributed by atoms with E-state index < -0.39 is 0 Å². The van der Waals surface area contributed by atoms with Gasteiger partial charge < -0.3 is 5.32 Å². The van der Waals surface area contributed by atoms with E-state index in [0.29, 0.717) is 12.0 Å². The zero-order valence-electron chi connectivity index (χ0n) is 6.65. The van der Waals surface area contributed by atoms with Crippen molar-refractivity contribution in [3.63, 3.8) is 0 Å². The third kappa shape index (κ3) is 1.71. The van der Waals surface area contributed by atoms with E-state index in [4.69, 9.17) is 5.26 Å². The average molecular weight is 138 g/mol. The second-order valence-electron chi connectivity index (χ2n) is 3.68. The van der Waals surface area contributed by atoms with Crippen LogP contribution in [0.4, 0.5) is 0 Å². The molecule has 1 aliphatic carbocycles. The van der Waals surface area contributed by atoms with Crippen LogP contribution in [0.25, 0.3) is 0 Å². The zero-order chi connectivity index (χ0) is 7.61. The third-order valence-electron chi connectivity index (χ3n) is 2.31. The number of nitrogens with one attached hydrogen (secondary N) is 1. The molecule has 0 aromatic heterocycles. The predicted molar refractivity (Wildman–Crippen MR) is 40.4 cm³/mol. The number of hydrogen-bond donors (Lipinski definition) is 1. The van der Waals surface area contributed by atoms with Crippen LogP contribution in [0.15, 0.2) is 0 Å². The molecule has 2 heteroatoms. The fraction of sp³-hybridized carbons (Fsp3) is 0.875. The lowest BCUT2D eigenvalue weighted by Crippen LogP contribution is -2.18. The molecule has 2 nitrogen and oxygen atoms in total. The summed E-state index contributed by atoms with van der Waals surface area (Å²) in [7, 11) is 0. The Morgan fingerprint density at radius 1 is 1.70 bits per heavy atom. The molecule has 0 radical (unpaired) electrons. The predicted octanol–water partition coefficient (Wildman–Crippen LogP) is 1.15. The average Bonchev–Trinajstić information content (AvgIpc) is 2.41. The molecule has 1 fully saturated rings. The summed E-state index contributed by atoms with van der Waals surface area (Å²) >= 11 is 0. The molecule has 1 N–H and O–H groups in total. The van der Waals surface area contributed by atoms with E-state index in [2.05, 4.69) is 25.2 Å². The molecule has 0 aliphatic heterocycles. The van der Waals surface area contributed by atoms with Gasteiger partial charge in [0.15, 0.2) is 0 Å². The number of nitrogens with zero attached hydrogens (tertiary/aromatic N) is 1. The number of hydrogen-bond acceptors (Lipinski definition) is 2. The van der Waals surface area contributed by atoms with Gasteiger partial charge in [-0.05, 0) is 24.3 Å². The lowest BCUT2D eigenvalue weighted by atomic mass is 10.1. The summed E-state index contributed by atoms with van der Waals surface area (Å²) in [6.45, 7) is 6.05.